The molecule has 2 aromatic heterocycles. The standard InChI is InChI=1S/C26H33N3O3/c1-18-12-26(28-19(2)30)27-17-25(18)22-15-23(13-20-4-3-8-31-9-5-20)29-24(16-22)14-21-6-10-32-11-7-21/h12-13,15-17,21H,3-11,14H2,1-2H3,(H,27,28,30)/b20-13-. The number of carbonyl (C=O) groups is 1. The molecule has 1 N–H and O–H groups in total. The van der Waals surface area contributed by atoms with Gasteiger partial charge < -0.3 is 14.8 Å². The summed E-state index contributed by atoms with van der Waals surface area (Å²) in [5.74, 6) is 1.07. The molecule has 2 aromatic rings. The third-order valence-electron chi connectivity index (χ3n) is 6.17. The molecule has 0 radical (unpaired) electrons. The molecule has 2 saturated heterocycles. The summed E-state index contributed by atoms with van der Waals surface area (Å²) in [5, 5.41) is 2.77. The maximum atomic E-state index is 11.4. The van der Waals surface area contributed by atoms with Gasteiger partial charge in [-0.05, 0) is 86.8 Å². The van der Waals surface area contributed by atoms with Crippen molar-refractivity contribution in [3.05, 3.63) is 46.9 Å². The third-order valence-corrected chi connectivity index (χ3v) is 6.17. The van der Waals surface area contributed by atoms with Crippen molar-refractivity contribution in [2.45, 2.75) is 52.4 Å². The molecular formula is C26H33N3O3. The molecular weight excluding hydrogens is 402 g/mol. The Hall–Kier alpha value is -2.57. The second-order valence-corrected chi connectivity index (χ2v) is 8.87. The van der Waals surface area contributed by atoms with Crippen LogP contribution in [0.2, 0.25) is 0 Å². The molecule has 0 atom stereocenters. The minimum absolute atomic E-state index is 0.117. The van der Waals surface area contributed by atoms with Crippen molar-refractivity contribution >= 4 is 17.8 Å². The largest absolute Gasteiger partial charge is 0.381 e. The number of carbonyl (C=O) groups excluding carboxylic acids is 1. The van der Waals surface area contributed by atoms with Crippen molar-refractivity contribution in [3.8, 4) is 11.1 Å². The topological polar surface area (TPSA) is 73.3 Å². The summed E-state index contributed by atoms with van der Waals surface area (Å²) in [6.45, 7) is 6.86. The van der Waals surface area contributed by atoms with Gasteiger partial charge in [0.1, 0.15) is 5.82 Å². The summed E-state index contributed by atoms with van der Waals surface area (Å²) in [4.78, 5) is 20.9. The first kappa shape index (κ1) is 22.6. The van der Waals surface area contributed by atoms with Gasteiger partial charge in [-0.2, -0.15) is 0 Å². The summed E-state index contributed by atoms with van der Waals surface area (Å²) < 4.78 is 11.2. The van der Waals surface area contributed by atoms with E-state index in [0.717, 1.165) is 93.0 Å². The first-order valence-corrected chi connectivity index (χ1v) is 11.7. The highest BCUT2D eigenvalue weighted by atomic mass is 16.5. The lowest BCUT2D eigenvalue weighted by Gasteiger charge is -2.22. The van der Waals surface area contributed by atoms with Gasteiger partial charge >= 0.3 is 0 Å². The fourth-order valence-corrected chi connectivity index (χ4v) is 4.48. The monoisotopic (exact) mass is 435 g/mol. The lowest BCUT2D eigenvalue weighted by Crippen LogP contribution is -2.18. The molecule has 0 spiro atoms. The Balaban J connectivity index is 1.67. The maximum absolute atomic E-state index is 11.4. The number of nitrogens with zero attached hydrogens (tertiary/aromatic N) is 2. The highest BCUT2D eigenvalue weighted by Crippen LogP contribution is 2.29. The zero-order chi connectivity index (χ0) is 22.3. The number of hydrogen-bond acceptors (Lipinski definition) is 5. The summed E-state index contributed by atoms with van der Waals surface area (Å²) in [5.41, 5.74) is 6.80. The Labute approximate surface area is 190 Å². The van der Waals surface area contributed by atoms with Crippen LogP contribution in [0.15, 0.2) is 30.0 Å². The van der Waals surface area contributed by atoms with Gasteiger partial charge in [0.05, 0.1) is 12.3 Å². The quantitative estimate of drug-likeness (QED) is 0.718. The van der Waals surface area contributed by atoms with E-state index in [4.69, 9.17) is 14.5 Å². The fraction of sp³-hybridized carbons (Fsp3) is 0.500. The number of rotatable bonds is 5. The number of amides is 1. The molecule has 0 saturated carbocycles. The lowest BCUT2D eigenvalue weighted by molar-refractivity contribution is -0.114. The predicted molar refractivity (Wildman–Crippen MR) is 126 cm³/mol. The van der Waals surface area contributed by atoms with E-state index in [2.05, 4.69) is 35.4 Å². The van der Waals surface area contributed by atoms with Crippen LogP contribution in [-0.4, -0.2) is 42.3 Å². The molecule has 2 fully saturated rings. The zero-order valence-corrected chi connectivity index (χ0v) is 19.2. The second-order valence-electron chi connectivity index (χ2n) is 8.87. The number of anilines is 1. The van der Waals surface area contributed by atoms with Crippen LogP contribution in [0.1, 0.15) is 56.0 Å². The zero-order valence-electron chi connectivity index (χ0n) is 19.2. The van der Waals surface area contributed by atoms with Crippen LogP contribution in [-0.2, 0) is 20.7 Å². The third kappa shape index (κ3) is 6.24. The van der Waals surface area contributed by atoms with Gasteiger partial charge in [0.2, 0.25) is 5.91 Å². The van der Waals surface area contributed by atoms with Gasteiger partial charge in [0.15, 0.2) is 0 Å². The van der Waals surface area contributed by atoms with Crippen molar-refractivity contribution in [1.82, 2.24) is 9.97 Å². The molecule has 0 bridgehead atoms. The van der Waals surface area contributed by atoms with Gasteiger partial charge in [0.25, 0.3) is 0 Å². The van der Waals surface area contributed by atoms with E-state index in [1.165, 1.54) is 12.5 Å². The summed E-state index contributed by atoms with van der Waals surface area (Å²) in [6.07, 6.45) is 10.3. The van der Waals surface area contributed by atoms with Crippen molar-refractivity contribution in [1.29, 1.82) is 0 Å². The van der Waals surface area contributed by atoms with Crippen LogP contribution < -0.4 is 5.32 Å². The number of ether oxygens (including phenoxy) is 2. The SMILES string of the molecule is CC(=O)Nc1cc(C)c(-c2cc(/C=C3/CCCOCC3)nc(CC3CCOCC3)c2)cn1. The van der Waals surface area contributed by atoms with Gasteiger partial charge in [-0.3, -0.25) is 9.78 Å². The minimum atomic E-state index is -0.117. The average Bonchev–Trinajstić information content (AvgIpc) is 3.02. The summed E-state index contributed by atoms with van der Waals surface area (Å²) >= 11 is 0. The van der Waals surface area contributed by atoms with Crippen molar-refractivity contribution < 1.29 is 14.3 Å². The van der Waals surface area contributed by atoms with Crippen LogP contribution >= 0.6 is 0 Å². The van der Waals surface area contributed by atoms with Crippen molar-refractivity contribution in [2.24, 2.45) is 5.92 Å². The maximum Gasteiger partial charge on any atom is 0.222 e. The number of nitrogens with one attached hydrogen (secondary N) is 1. The molecule has 0 aliphatic carbocycles. The van der Waals surface area contributed by atoms with E-state index in [0.29, 0.717) is 11.7 Å². The molecule has 170 valence electrons. The Bertz CT molecular complexity index is 970. The molecule has 6 nitrogen and oxygen atoms in total. The predicted octanol–water partition coefficient (Wildman–Crippen LogP) is 4.96. The van der Waals surface area contributed by atoms with Crippen LogP contribution in [0, 0.1) is 12.8 Å². The van der Waals surface area contributed by atoms with E-state index in [1.807, 2.05) is 12.3 Å². The Morgan fingerprint density at radius 3 is 2.72 bits per heavy atom. The highest BCUT2D eigenvalue weighted by molar-refractivity contribution is 5.88. The van der Waals surface area contributed by atoms with E-state index in [1.54, 1.807) is 0 Å². The van der Waals surface area contributed by atoms with E-state index >= 15 is 0 Å². The first-order chi connectivity index (χ1) is 15.6. The molecule has 4 heterocycles. The minimum Gasteiger partial charge on any atom is -0.381 e. The Morgan fingerprint density at radius 1 is 1.12 bits per heavy atom. The molecule has 4 rings (SSSR count). The second kappa shape index (κ2) is 10.8. The molecule has 2 aliphatic heterocycles. The number of aryl methyl sites for hydroxylation is 1. The summed E-state index contributed by atoms with van der Waals surface area (Å²) in [7, 11) is 0. The smallest absolute Gasteiger partial charge is 0.222 e. The molecule has 2 aliphatic rings. The first-order valence-electron chi connectivity index (χ1n) is 11.7. The van der Waals surface area contributed by atoms with Gasteiger partial charge in [0, 0.05) is 44.2 Å². The molecule has 0 aromatic carbocycles. The average molecular weight is 436 g/mol. The molecule has 1 amide bonds. The number of pyridine rings is 2. The van der Waals surface area contributed by atoms with Crippen molar-refractivity contribution in [2.75, 3.05) is 31.7 Å². The molecule has 6 heteroatoms. The normalized spacial score (nSPS) is 19.0. The fourth-order valence-electron chi connectivity index (χ4n) is 4.48. The molecule has 32 heavy (non-hydrogen) atoms. The summed E-state index contributed by atoms with van der Waals surface area (Å²) in [6, 6.07) is 6.29. The number of aromatic nitrogens is 2. The lowest BCUT2D eigenvalue weighted by atomic mass is 9.93. The Morgan fingerprint density at radius 2 is 1.94 bits per heavy atom. The van der Waals surface area contributed by atoms with Crippen molar-refractivity contribution in [3.63, 3.8) is 0 Å². The molecule has 0 unspecified atom stereocenters. The van der Waals surface area contributed by atoms with Crippen LogP contribution in [0.25, 0.3) is 17.2 Å². The highest BCUT2D eigenvalue weighted by Gasteiger charge is 2.17. The van der Waals surface area contributed by atoms with Gasteiger partial charge in [-0.25, -0.2) is 4.98 Å². The van der Waals surface area contributed by atoms with Crippen LogP contribution in [0.5, 0.6) is 0 Å². The number of hydrogen-bond donors (Lipinski definition) is 1. The van der Waals surface area contributed by atoms with E-state index in [9.17, 15) is 4.79 Å². The van der Waals surface area contributed by atoms with E-state index < -0.39 is 0 Å². The van der Waals surface area contributed by atoms with Crippen LogP contribution in [0.3, 0.4) is 0 Å². The van der Waals surface area contributed by atoms with Gasteiger partial charge in [-0.15, -0.1) is 0 Å². The van der Waals surface area contributed by atoms with Crippen LogP contribution in [0.4, 0.5) is 5.82 Å². The Kier molecular flexibility index (Phi) is 7.66. The van der Waals surface area contributed by atoms with Gasteiger partial charge in [-0.1, -0.05) is 5.57 Å². The van der Waals surface area contributed by atoms with E-state index in [-0.39, 0.29) is 5.91 Å².